The molecule has 0 amide bonds. The lowest BCUT2D eigenvalue weighted by molar-refractivity contribution is 0.789. The third kappa shape index (κ3) is 1.62. The van der Waals surface area contributed by atoms with Gasteiger partial charge in [-0.25, -0.2) is 4.68 Å². The predicted octanol–water partition coefficient (Wildman–Crippen LogP) is 0.775. The molecule has 0 N–H and O–H groups in total. The first-order valence-corrected chi connectivity index (χ1v) is 3.25. The van der Waals surface area contributed by atoms with Gasteiger partial charge in [-0.3, -0.25) is 0 Å². The van der Waals surface area contributed by atoms with Gasteiger partial charge in [-0.2, -0.15) is 13.5 Å². The van der Waals surface area contributed by atoms with E-state index in [1.54, 1.807) is 11.0 Å². The number of aromatic nitrogens is 4. The summed E-state index contributed by atoms with van der Waals surface area (Å²) in [6, 6.07) is 9.72. The van der Waals surface area contributed by atoms with E-state index < -0.39 is 0 Å². The molecule has 62 valence electrons. The zero-order chi connectivity index (χ0) is 7.52. The van der Waals surface area contributed by atoms with Crippen LogP contribution >= 0.6 is 13.5 Å². The zero-order valence-electron chi connectivity index (χ0n) is 6.25. The molecular formula is C7H8N4S. The molecule has 0 unspecified atom stereocenters. The molecule has 0 saturated heterocycles. The molecule has 0 bridgehead atoms. The van der Waals surface area contributed by atoms with Crippen LogP contribution in [-0.2, 0) is 0 Å². The predicted molar refractivity (Wildman–Crippen MR) is 49.5 cm³/mol. The minimum absolute atomic E-state index is 0. The maximum atomic E-state index is 3.74. The van der Waals surface area contributed by atoms with Crippen LogP contribution in [0, 0.1) is 0 Å². The van der Waals surface area contributed by atoms with Gasteiger partial charge in [0.15, 0.2) is 0 Å². The van der Waals surface area contributed by atoms with Gasteiger partial charge in [0.2, 0.25) is 0 Å². The number of para-hydroxylation sites is 1. The fourth-order valence-electron chi connectivity index (χ4n) is 0.860. The lowest BCUT2D eigenvalue weighted by Crippen LogP contribution is -1.93. The number of hydrogen-bond acceptors (Lipinski definition) is 3. The summed E-state index contributed by atoms with van der Waals surface area (Å²) >= 11 is 0. The highest BCUT2D eigenvalue weighted by Crippen LogP contribution is 2.01. The normalized spacial score (nSPS) is 9.00. The second-order valence-electron chi connectivity index (χ2n) is 2.09. The first-order chi connectivity index (χ1) is 5.47. The fourth-order valence-corrected chi connectivity index (χ4v) is 0.860. The molecular weight excluding hydrogens is 172 g/mol. The molecule has 1 aromatic heterocycles. The van der Waals surface area contributed by atoms with Crippen molar-refractivity contribution in [1.82, 2.24) is 20.2 Å². The summed E-state index contributed by atoms with van der Waals surface area (Å²) in [7, 11) is 0. The van der Waals surface area contributed by atoms with E-state index in [1.807, 2.05) is 30.3 Å². The molecule has 12 heavy (non-hydrogen) atoms. The summed E-state index contributed by atoms with van der Waals surface area (Å²) in [5, 5.41) is 10.8. The maximum Gasteiger partial charge on any atom is 0.143 e. The lowest BCUT2D eigenvalue weighted by atomic mass is 10.3. The Morgan fingerprint density at radius 3 is 2.42 bits per heavy atom. The smallest absolute Gasteiger partial charge is 0.143 e. The third-order valence-electron chi connectivity index (χ3n) is 1.37. The van der Waals surface area contributed by atoms with E-state index in [4.69, 9.17) is 0 Å². The molecule has 0 spiro atoms. The van der Waals surface area contributed by atoms with Crippen LogP contribution in [0.5, 0.6) is 0 Å². The van der Waals surface area contributed by atoms with Crippen LogP contribution in [0.15, 0.2) is 36.7 Å². The number of rotatable bonds is 1. The molecule has 0 aliphatic carbocycles. The molecule has 5 heteroatoms. The standard InChI is InChI=1S/C7H6N4.H2S/c1-2-4-7(5-3-1)11-6-8-9-10-11;/h1-6H;1H2. The highest BCUT2D eigenvalue weighted by Gasteiger charge is 1.92. The maximum absolute atomic E-state index is 3.74. The molecule has 1 heterocycles. The number of nitrogens with zero attached hydrogens (tertiary/aromatic N) is 4. The minimum Gasteiger partial charge on any atom is -0.201 e. The number of benzene rings is 1. The molecule has 0 saturated carbocycles. The van der Waals surface area contributed by atoms with E-state index in [2.05, 4.69) is 15.5 Å². The van der Waals surface area contributed by atoms with Crippen molar-refractivity contribution >= 4 is 13.5 Å². The van der Waals surface area contributed by atoms with E-state index in [-0.39, 0.29) is 13.5 Å². The molecule has 2 aromatic rings. The Labute approximate surface area is 76.7 Å². The third-order valence-corrected chi connectivity index (χ3v) is 1.37. The second-order valence-corrected chi connectivity index (χ2v) is 2.09. The molecule has 0 fully saturated rings. The first-order valence-electron chi connectivity index (χ1n) is 3.25. The first kappa shape index (κ1) is 8.73. The van der Waals surface area contributed by atoms with Crippen molar-refractivity contribution in [1.29, 1.82) is 0 Å². The van der Waals surface area contributed by atoms with Crippen LogP contribution in [0.25, 0.3) is 5.69 Å². The van der Waals surface area contributed by atoms with Gasteiger partial charge in [-0.15, -0.1) is 5.10 Å². The van der Waals surface area contributed by atoms with Gasteiger partial charge in [0.25, 0.3) is 0 Å². The fraction of sp³-hybridized carbons (Fsp3) is 0. The average Bonchev–Trinajstić information content (AvgIpc) is 2.58. The highest BCUT2D eigenvalue weighted by atomic mass is 32.1. The SMILES string of the molecule is S.c1ccc(-n2cnnn2)cc1. The average molecular weight is 180 g/mol. The van der Waals surface area contributed by atoms with Gasteiger partial charge in [0.1, 0.15) is 6.33 Å². The van der Waals surface area contributed by atoms with Gasteiger partial charge < -0.3 is 0 Å². The van der Waals surface area contributed by atoms with Gasteiger partial charge in [-0.05, 0) is 22.6 Å². The minimum atomic E-state index is 0. The molecule has 0 atom stereocenters. The van der Waals surface area contributed by atoms with Crippen molar-refractivity contribution in [2.75, 3.05) is 0 Å². The monoisotopic (exact) mass is 180 g/mol. The highest BCUT2D eigenvalue weighted by molar-refractivity contribution is 7.59. The Bertz CT molecular complexity index is 318. The summed E-state index contributed by atoms with van der Waals surface area (Å²) < 4.78 is 1.61. The van der Waals surface area contributed by atoms with E-state index in [0.29, 0.717) is 0 Å². The van der Waals surface area contributed by atoms with Crippen LogP contribution in [0.1, 0.15) is 0 Å². The lowest BCUT2D eigenvalue weighted by Gasteiger charge is -1.94. The Hall–Kier alpha value is -1.36. The summed E-state index contributed by atoms with van der Waals surface area (Å²) in [5.41, 5.74) is 0.970. The molecule has 0 aliphatic rings. The molecule has 1 aromatic carbocycles. The second kappa shape index (κ2) is 3.87. The van der Waals surface area contributed by atoms with Crippen LogP contribution in [0.2, 0.25) is 0 Å². The van der Waals surface area contributed by atoms with Crippen molar-refractivity contribution in [2.45, 2.75) is 0 Å². The Balaban J connectivity index is 0.000000720. The van der Waals surface area contributed by atoms with Crippen LogP contribution in [0.4, 0.5) is 0 Å². The largest absolute Gasteiger partial charge is 0.201 e. The van der Waals surface area contributed by atoms with Crippen LogP contribution in [0.3, 0.4) is 0 Å². The summed E-state index contributed by atoms with van der Waals surface area (Å²) in [6.45, 7) is 0. The van der Waals surface area contributed by atoms with Crippen molar-refractivity contribution < 1.29 is 0 Å². The summed E-state index contributed by atoms with van der Waals surface area (Å²) in [4.78, 5) is 0. The van der Waals surface area contributed by atoms with Crippen LogP contribution < -0.4 is 0 Å². The molecule has 0 aliphatic heterocycles. The van der Waals surface area contributed by atoms with Crippen LogP contribution in [-0.4, -0.2) is 20.2 Å². The molecule has 2 rings (SSSR count). The van der Waals surface area contributed by atoms with E-state index in [9.17, 15) is 0 Å². The Morgan fingerprint density at radius 1 is 1.08 bits per heavy atom. The van der Waals surface area contributed by atoms with Gasteiger partial charge in [0.05, 0.1) is 5.69 Å². The Kier molecular flexibility index (Phi) is 2.82. The Morgan fingerprint density at radius 2 is 1.83 bits per heavy atom. The quantitative estimate of drug-likeness (QED) is 0.651. The van der Waals surface area contributed by atoms with Crippen molar-refractivity contribution in [2.24, 2.45) is 0 Å². The number of tetrazole rings is 1. The van der Waals surface area contributed by atoms with Gasteiger partial charge in [-0.1, -0.05) is 18.2 Å². The van der Waals surface area contributed by atoms with Gasteiger partial charge >= 0.3 is 0 Å². The summed E-state index contributed by atoms with van der Waals surface area (Å²) in [5.74, 6) is 0. The number of hydrogen-bond donors (Lipinski definition) is 0. The summed E-state index contributed by atoms with van der Waals surface area (Å²) in [6.07, 6.45) is 1.56. The van der Waals surface area contributed by atoms with E-state index in [1.165, 1.54) is 0 Å². The molecule has 0 radical (unpaired) electrons. The van der Waals surface area contributed by atoms with E-state index in [0.717, 1.165) is 5.69 Å². The van der Waals surface area contributed by atoms with E-state index >= 15 is 0 Å². The van der Waals surface area contributed by atoms with Crippen molar-refractivity contribution in [3.8, 4) is 5.69 Å². The topological polar surface area (TPSA) is 43.6 Å². The van der Waals surface area contributed by atoms with Gasteiger partial charge in [0, 0.05) is 0 Å². The molecule has 4 nitrogen and oxygen atoms in total. The van der Waals surface area contributed by atoms with Crippen molar-refractivity contribution in [3.05, 3.63) is 36.7 Å². The van der Waals surface area contributed by atoms with Crippen molar-refractivity contribution in [3.63, 3.8) is 0 Å². The zero-order valence-corrected chi connectivity index (χ0v) is 7.25.